The van der Waals surface area contributed by atoms with Gasteiger partial charge in [0.15, 0.2) is 11.5 Å². The summed E-state index contributed by atoms with van der Waals surface area (Å²) in [4.78, 5) is 37.0. The van der Waals surface area contributed by atoms with Crippen molar-refractivity contribution >= 4 is 47.5 Å². The van der Waals surface area contributed by atoms with Gasteiger partial charge in [-0.05, 0) is 53.4 Å². The average Bonchev–Trinajstić information content (AvgIpc) is 3.45. The van der Waals surface area contributed by atoms with Crippen LogP contribution in [0.3, 0.4) is 0 Å². The van der Waals surface area contributed by atoms with Gasteiger partial charge in [0.05, 0.1) is 29.3 Å². The number of nitrogens with one attached hydrogen (secondary N) is 1. The Morgan fingerprint density at radius 1 is 1.18 bits per heavy atom. The van der Waals surface area contributed by atoms with E-state index in [1.54, 1.807) is 41.8 Å². The van der Waals surface area contributed by atoms with Crippen molar-refractivity contribution < 1.29 is 24.2 Å². The van der Waals surface area contributed by atoms with Crippen molar-refractivity contribution in [2.24, 2.45) is 0 Å². The van der Waals surface area contributed by atoms with Gasteiger partial charge in [0.1, 0.15) is 4.88 Å². The Labute approximate surface area is 201 Å². The van der Waals surface area contributed by atoms with E-state index < -0.39 is 17.5 Å². The Kier molecular flexibility index (Phi) is 6.40. The van der Waals surface area contributed by atoms with Crippen LogP contribution in [0, 0.1) is 0 Å². The number of nitrogens with zero attached hydrogens (tertiary/aromatic N) is 1. The van der Waals surface area contributed by atoms with Crippen LogP contribution in [0.1, 0.15) is 25.6 Å². The van der Waals surface area contributed by atoms with E-state index in [4.69, 9.17) is 21.1 Å². The van der Waals surface area contributed by atoms with Gasteiger partial charge in [-0.25, -0.2) is 9.48 Å². The minimum absolute atomic E-state index is 0.00282. The molecule has 4 aromatic rings. The summed E-state index contributed by atoms with van der Waals surface area (Å²) in [6.07, 6.45) is 1.58. The molecule has 0 fully saturated rings. The molecule has 0 aliphatic carbocycles. The van der Waals surface area contributed by atoms with E-state index in [2.05, 4.69) is 11.7 Å². The molecule has 2 aromatic heterocycles. The quantitative estimate of drug-likeness (QED) is 0.322. The number of H-pyrrole nitrogens is 1. The van der Waals surface area contributed by atoms with Crippen molar-refractivity contribution in [2.45, 2.75) is 0 Å². The number of carbonyl (C=O) groups excluding carboxylic acids is 2. The number of carboxylic acids is 1. The molecule has 0 unspecified atom stereocenters. The predicted octanol–water partition coefficient (Wildman–Crippen LogP) is 1.71. The van der Waals surface area contributed by atoms with Crippen molar-refractivity contribution in [3.8, 4) is 17.2 Å². The highest BCUT2D eigenvalue weighted by Gasteiger charge is 2.14. The number of benzene rings is 2. The van der Waals surface area contributed by atoms with Crippen LogP contribution in [0.4, 0.5) is 0 Å². The van der Waals surface area contributed by atoms with E-state index in [1.807, 2.05) is 0 Å². The van der Waals surface area contributed by atoms with E-state index in [9.17, 15) is 19.5 Å². The normalized spacial score (nSPS) is 11.4. The van der Waals surface area contributed by atoms with Crippen molar-refractivity contribution in [3.63, 3.8) is 0 Å². The van der Waals surface area contributed by atoms with E-state index in [-0.39, 0.29) is 27.2 Å². The maximum Gasteiger partial charge on any atom is 0.353 e. The Morgan fingerprint density at radius 3 is 2.65 bits per heavy atom. The number of ether oxygens (including phenoxy) is 2. The second kappa shape index (κ2) is 9.42. The third-order valence-corrected chi connectivity index (χ3v) is 6.04. The summed E-state index contributed by atoms with van der Waals surface area (Å²) >= 11 is 7.15. The summed E-state index contributed by atoms with van der Waals surface area (Å²) in [5, 5.41) is 16.4. The third kappa shape index (κ3) is 4.52. The number of carbonyl (C=O) groups is 2. The van der Waals surface area contributed by atoms with E-state index in [0.717, 1.165) is 4.68 Å². The number of aromatic amines is 1. The lowest BCUT2D eigenvalue weighted by atomic mass is 10.1. The standard InChI is InChI=1S/C24H17ClN2O6S/c1-13-16(22(28)27(26-13)15-6-7-18(25)17(12-15)23(29)30)10-14-5-8-19(20(11-14)32-2)33-24(31)21-4-3-9-34-21/h3-12,26H,1H2,2H3,(H,29,30)/p-1/b16-10+. The molecule has 10 heteroatoms. The van der Waals surface area contributed by atoms with Gasteiger partial charge in [-0.1, -0.05) is 30.3 Å². The Bertz CT molecular complexity index is 1570. The number of esters is 1. The first kappa shape index (κ1) is 23.1. The molecule has 4 rings (SSSR count). The number of hydrogen-bond donors (Lipinski definition) is 1. The Balaban J connectivity index is 1.71. The minimum Gasteiger partial charge on any atom is -0.545 e. The summed E-state index contributed by atoms with van der Waals surface area (Å²) in [6, 6.07) is 12.3. The first-order valence-corrected chi connectivity index (χ1v) is 11.0. The highest BCUT2D eigenvalue weighted by molar-refractivity contribution is 7.12. The fourth-order valence-corrected chi connectivity index (χ4v) is 4.00. The first-order valence-electron chi connectivity index (χ1n) is 9.75. The maximum absolute atomic E-state index is 13.0. The van der Waals surface area contributed by atoms with Gasteiger partial charge in [-0.2, -0.15) is 0 Å². The summed E-state index contributed by atoms with van der Waals surface area (Å²) < 4.78 is 11.9. The fraction of sp³-hybridized carbons (Fsp3) is 0.0417. The monoisotopic (exact) mass is 495 g/mol. The first-order chi connectivity index (χ1) is 16.3. The molecule has 1 N–H and O–H groups in total. The molecule has 8 nitrogen and oxygen atoms in total. The SMILES string of the molecule is C=c1[nH]n(-c2ccc(Cl)c(C(=O)[O-])c2)c(=O)/c1=C/c1ccc(OC(=O)c2cccs2)c(OC)c1. The molecular formula is C24H16ClN2O6S-. The van der Waals surface area contributed by atoms with E-state index >= 15 is 0 Å². The highest BCUT2D eigenvalue weighted by Crippen LogP contribution is 2.29. The van der Waals surface area contributed by atoms with Gasteiger partial charge in [0.25, 0.3) is 5.56 Å². The lowest BCUT2D eigenvalue weighted by Gasteiger charge is -2.09. The van der Waals surface area contributed by atoms with Crippen LogP contribution in [0.5, 0.6) is 11.5 Å². The molecule has 0 spiro atoms. The third-order valence-electron chi connectivity index (χ3n) is 4.86. The zero-order chi connectivity index (χ0) is 24.4. The number of thiophene rings is 1. The van der Waals surface area contributed by atoms with E-state index in [0.29, 0.717) is 21.5 Å². The molecule has 0 bridgehead atoms. The topological polar surface area (TPSA) is 113 Å². The molecule has 0 saturated heterocycles. The Morgan fingerprint density at radius 2 is 1.97 bits per heavy atom. The largest absolute Gasteiger partial charge is 0.545 e. The molecular weight excluding hydrogens is 480 g/mol. The molecule has 2 heterocycles. The number of carboxylic acid groups (broad SMARTS) is 1. The van der Waals surface area contributed by atoms with Gasteiger partial charge in [0.2, 0.25) is 0 Å². The van der Waals surface area contributed by atoms with Gasteiger partial charge in [0, 0.05) is 10.6 Å². The smallest absolute Gasteiger partial charge is 0.353 e. The van der Waals surface area contributed by atoms with Crippen LogP contribution in [0.2, 0.25) is 5.02 Å². The lowest BCUT2D eigenvalue weighted by molar-refractivity contribution is -0.255. The summed E-state index contributed by atoms with van der Waals surface area (Å²) in [7, 11) is 1.44. The van der Waals surface area contributed by atoms with Crippen LogP contribution in [-0.2, 0) is 0 Å². The van der Waals surface area contributed by atoms with Crippen LogP contribution in [0.25, 0.3) is 18.3 Å². The minimum atomic E-state index is -1.46. The van der Waals surface area contributed by atoms with Crippen molar-refractivity contribution in [1.82, 2.24) is 9.78 Å². The van der Waals surface area contributed by atoms with Crippen molar-refractivity contribution in [1.29, 1.82) is 0 Å². The number of halogens is 1. The zero-order valence-corrected chi connectivity index (χ0v) is 19.2. The van der Waals surface area contributed by atoms with Gasteiger partial charge in [-0.15, -0.1) is 11.3 Å². The number of hydrogen-bond acceptors (Lipinski definition) is 7. The molecule has 172 valence electrons. The molecule has 0 saturated carbocycles. The molecule has 0 aliphatic heterocycles. The summed E-state index contributed by atoms with van der Waals surface area (Å²) in [5.41, 5.74) is 0.150. The van der Waals surface area contributed by atoms with E-state index in [1.165, 1.54) is 36.6 Å². The van der Waals surface area contributed by atoms with Gasteiger partial charge < -0.3 is 19.4 Å². The predicted molar refractivity (Wildman–Crippen MR) is 126 cm³/mol. The summed E-state index contributed by atoms with van der Waals surface area (Å²) in [6.45, 7) is 3.86. The zero-order valence-electron chi connectivity index (χ0n) is 17.7. The lowest BCUT2D eigenvalue weighted by Crippen LogP contribution is -2.34. The number of aromatic nitrogens is 2. The molecule has 2 aromatic carbocycles. The van der Waals surface area contributed by atoms with Crippen molar-refractivity contribution in [3.05, 3.63) is 95.9 Å². The maximum atomic E-state index is 13.0. The van der Waals surface area contributed by atoms with Crippen LogP contribution in [0.15, 0.2) is 58.7 Å². The van der Waals surface area contributed by atoms with Crippen LogP contribution < -0.4 is 30.7 Å². The molecule has 34 heavy (non-hydrogen) atoms. The second-order valence-electron chi connectivity index (χ2n) is 7.02. The van der Waals surface area contributed by atoms with Crippen LogP contribution in [-0.4, -0.2) is 28.8 Å². The second-order valence-corrected chi connectivity index (χ2v) is 8.37. The Hall–Kier alpha value is -4.08. The summed E-state index contributed by atoms with van der Waals surface area (Å²) in [5.74, 6) is -1.43. The van der Waals surface area contributed by atoms with Gasteiger partial charge >= 0.3 is 5.97 Å². The molecule has 0 radical (unpaired) electrons. The van der Waals surface area contributed by atoms with Crippen LogP contribution >= 0.6 is 22.9 Å². The van der Waals surface area contributed by atoms with Gasteiger partial charge in [-0.3, -0.25) is 9.89 Å². The molecule has 0 atom stereocenters. The fourth-order valence-electron chi connectivity index (χ4n) is 3.20. The molecule has 0 amide bonds. The van der Waals surface area contributed by atoms with Crippen molar-refractivity contribution in [2.75, 3.05) is 7.11 Å². The number of aromatic carboxylic acids is 1. The number of rotatable bonds is 6. The molecule has 0 aliphatic rings. The highest BCUT2D eigenvalue weighted by atomic mass is 35.5. The average molecular weight is 496 g/mol. The number of methoxy groups -OCH3 is 1.